The first-order valence-corrected chi connectivity index (χ1v) is 4.77. The van der Waals surface area contributed by atoms with Crippen LogP contribution in [0.2, 0.25) is 0 Å². The summed E-state index contributed by atoms with van der Waals surface area (Å²) in [5.74, 6) is 4.97. The first kappa shape index (κ1) is 13.0. The van der Waals surface area contributed by atoms with E-state index in [2.05, 4.69) is 4.84 Å². The normalized spacial score (nSPS) is 12.9. The van der Waals surface area contributed by atoms with Gasteiger partial charge in [0.15, 0.2) is 0 Å². The largest absolute Gasteiger partial charge is 0.416 e. The number of alkyl halides is 3. The molecule has 2 N–H and O–H groups in total. The van der Waals surface area contributed by atoms with Gasteiger partial charge in [0.1, 0.15) is 0 Å². The Kier molecular flexibility index (Phi) is 3.60. The maximum Gasteiger partial charge on any atom is 0.416 e. The molecule has 0 aromatic heterocycles. The Balaban J connectivity index is 2.95. The lowest BCUT2D eigenvalue weighted by Crippen LogP contribution is -2.26. The van der Waals surface area contributed by atoms with Crippen LogP contribution in [0.15, 0.2) is 24.3 Å². The minimum absolute atomic E-state index is 0.248. The van der Waals surface area contributed by atoms with Gasteiger partial charge >= 0.3 is 6.18 Å². The lowest BCUT2D eigenvalue weighted by atomic mass is 9.85. The molecule has 5 heteroatoms. The molecule has 0 aliphatic carbocycles. The molecule has 16 heavy (non-hydrogen) atoms. The molecular weight excluding hydrogens is 219 g/mol. The summed E-state index contributed by atoms with van der Waals surface area (Å²) in [4.78, 5) is 4.54. The van der Waals surface area contributed by atoms with E-state index in [1.807, 2.05) is 13.8 Å². The average molecular weight is 233 g/mol. The highest BCUT2D eigenvalue weighted by Gasteiger charge is 2.31. The molecule has 0 bridgehead atoms. The van der Waals surface area contributed by atoms with E-state index in [1.165, 1.54) is 12.1 Å². The maximum absolute atomic E-state index is 12.3. The molecular formula is C11H14F3NO. The summed E-state index contributed by atoms with van der Waals surface area (Å²) in [6.07, 6.45) is -4.30. The summed E-state index contributed by atoms with van der Waals surface area (Å²) in [7, 11) is 0. The predicted octanol–water partition coefficient (Wildman–Crippen LogP) is 2.87. The molecule has 1 rings (SSSR count). The van der Waals surface area contributed by atoms with Crippen molar-refractivity contribution in [2.75, 3.05) is 6.61 Å². The van der Waals surface area contributed by atoms with Gasteiger partial charge in [-0.05, 0) is 17.7 Å². The Morgan fingerprint density at radius 3 is 1.88 bits per heavy atom. The van der Waals surface area contributed by atoms with Crippen molar-refractivity contribution < 1.29 is 18.0 Å². The first-order valence-electron chi connectivity index (χ1n) is 4.77. The van der Waals surface area contributed by atoms with Gasteiger partial charge in [0, 0.05) is 5.41 Å². The van der Waals surface area contributed by atoms with Gasteiger partial charge in [-0.3, -0.25) is 0 Å². The summed E-state index contributed by atoms with van der Waals surface area (Å²) in [6, 6.07) is 5.02. The number of nitrogens with two attached hydrogens (primary N) is 1. The minimum Gasteiger partial charge on any atom is -0.304 e. The molecule has 0 saturated heterocycles. The second-order valence-electron chi connectivity index (χ2n) is 4.27. The third-order valence-corrected chi connectivity index (χ3v) is 2.44. The molecule has 0 fully saturated rings. The Morgan fingerprint density at radius 1 is 1.06 bits per heavy atom. The third-order valence-electron chi connectivity index (χ3n) is 2.44. The van der Waals surface area contributed by atoms with E-state index in [-0.39, 0.29) is 6.61 Å². The molecule has 0 aliphatic heterocycles. The van der Waals surface area contributed by atoms with Crippen LogP contribution in [0.3, 0.4) is 0 Å². The van der Waals surface area contributed by atoms with E-state index < -0.39 is 17.2 Å². The molecule has 0 spiro atoms. The maximum atomic E-state index is 12.3. The van der Waals surface area contributed by atoms with Crippen LogP contribution >= 0.6 is 0 Å². The highest BCUT2D eigenvalue weighted by Crippen LogP contribution is 2.31. The SMILES string of the molecule is CC(C)(CON)c1ccc(C(F)(F)F)cc1. The van der Waals surface area contributed by atoms with Crippen LogP contribution < -0.4 is 5.90 Å². The molecule has 1 aromatic rings. The van der Waals surface area contributed by atoms with Gasteiger partial charge in [-0.1, -0.05) is 26.0 Å². The number of benzene rings is 1. The second-order valence-corrected chi connectivity index (χ2v) is 4.27. The molecule has 0 atom stereocenters. The van der Waals surface area contributed by atoms with E-state index in [0.717, 1.165) is 17.7 Å². The van der Waals surface area contributed by atoms with E-state index in [9.17, 15) is 13.2 Å². The minimum atomic E-state index is -4.30. The smallest absolute Gasteiger partial charge is 0.304 e. The summed E-state index contributed by atoms with van der Waals surface area (Å²) >= 11 is 0. The monoisotopic (exact) mass is 233 g/mol. The van der Waals surface area contributed by atoms with E-state index in [4.69, 9.17) is 5.90 Å². The van der Waals surface area contributed by atoms with Crippen molar-refractivity contribution in [1.29, 1.82) is 0 Å². The van der Waals surface area contributed by atoms with Crippen molar-refractivity contribution in [2.45, 2.75) is 25.4 Å². The summed E-state index contributed by atoms with van der Waals surface area (Å²) in [6.45, 7) is 3.95. The van der Waals surface area contributed by atoms with Crippen LogP contribution in [-0.2, 0) is 16.4 Å². The molecule has 0 unspecified atom stereocenters. The quantitative estimate of drug-likeness (QED) is 0.815. The molecule has 0 saturated carbocycles. The zero-order valence-corrected chi connectivity index (χ0v) is 9.14. The van der Waals surface area contributed by atoms with Crippen LogP contribution in [0.5, 0.6) is 0 Å². The zero-order chi connectivity index (χ0) is 12.4. The number of halogens is 3. The van der Waals surface area contributed by atoms with Gasteiger partial charge in [0.25, 0.3) is 0 Å². The molecule has 0 heterocycles. The van der Waals surface area contributed by atoms with E-state index in [0.29, 0.717) is 0 Å². The molecule has 0 aliphatic rings. The highest BCUT2D eigenvalue weighted by molar-refractivity contribution is 5.29. The molecule has 2 nitrogen and oxygen atoms in total. The molecule has 0 amide bonds. The molecule has 90 valence electrons. The third kappa shape index (κ3) is 2.96. The second kappa shape index (κ2) is 4.43. The van der Waals surface area contributed by atoms with Crippen molar-refractivity contribution in [1.82, 2.24) is 0 Å². The van der Waals surface area contributed by atoms with Crippen molar-refractivity contribution >= 4 is 0 Å². The topological polar surface area (TPSA) is 35.2 Å². The number of hydrogen-bond acceptors (Lipinski definition) is 2. The number of hydrogen-bond donors (Lipinski definition) is 1. The fourth-order valence-corrected chi connectivity index (χ4v) is 1.40. The molecule has 1 aromatic carbocycles. The Morgan fingerprint density at radius 2 is 1.50 bits per heavy atom. The average Bonchev–Trinajstić information content (AvgIpc) is 2.16. The van der Waals surface area contributed by atoms with Crippen molar-refractivity contribution in [3.63, 3.8) is 0 Å². The van der Waals surface area contributed by atoms with Gasteiger partial charge in [0.2, 0.25) is 0 Å². The summed E-state index contributed by atoms with van der Waals surface area (Å²) < 4.78 is 37.0. The van der Waals surface area contributed by atoms with Crippen molar-refractivity contribution in [3.05, 3.63) is 35.4 Å². The van der Waals surface area contributed by atoms with Crippen molar-refractivity contribution in [2.24, 2.45) is 5.90 Å². The highest BCUT2D eigenvalue weighted by atomic mass is 19.4. The van der Waals surface area contributed by atoms with Gasteiger partial charge in [0.05, 0.1) is 12.2 Å². The van der Waals surface area contributed by atoms with E-state index in [1.54, 1.807) is 0 Å². The van der Waals surface area contributed by atoms with Crippen LogP contribution in [-0.4, -0.2) is 6.61 Å². The van der Waals surface area contributed by atoms with Gasteiger partial charge in [-0.2, -0.15) is 13.2 Å². The lowest BCUT2D eigenvalue weighted by molar-refractivity contribution is -0.137. The summed E-state index contributed by atoms with van der Waals surface area (Å²) in [5, 5.41) is 0. The fourth-order valence-electron chi connectivity index (χ4n) is 1.40. The van der Waals surface area contributed by atoms with Crippen LogP contribution in [0.25, 0.3) is 0 Å². The fraction of sp³-hybridized carbons (Fsp3) is 0.455. The Hall–Kier alpha value is -1.07. The van der Waals surface area contributed by atoms with Crippen molar-refractivity contribution in [3.8, 4) is 0 Å². The van der Waals surface area contributed by atoms with Gasteiger partial charge in [-0.15, -0.1) is 0 Å². The number of rotatable bonds is 3. The van der Waals surface area contributed by atoms with Gasteiger partial charge < -0.3 is 4.84 Å². The summed E-state index contributed by atoms with van der Waals surface area (Å²) in [5.41, 5.74) is -0.300. The van der Waals surface area contributed by atoms with Crippen LogP contribution in [0.1, 0.15) is 25.0 Å². The zero-order valence-electron chi connectivity index (χ0n) is 9.14. The van der Waals surface area contributed by atoms with Gasteiger partial charge in [-0.25, -0.2) is 5.90 Å². The molecule has 0 radical (unpaired) electrons. The predicted molar refractivity (Wildman–Crippen MR) is 54.6 cm³/mol. The van der Waals surface area contributed by atoms with Crippen LogP contribution in [0, 0.1) is 0 Å². The Labute approximate surface area is 92.2 Å². The van der Waals surface area contributed by atoms with E-state index >= 15 is 0 Å². The first-order chi connectivity index (χ1) is 7.27. The standard InChI is InChI=1S/C11H14F3NO/c1-10(2,7-16-15)8-3-5-9(6-4-8)11(12,13)14/h3-6H,7,15H2,1-2H3. The Bertz CT molecular complexity index is 343. The lowest BCUT2D eigenvalue weighted by Gasteiger charge is -2.24. The van der Waals surface area contributed by atoms with Crippen LogP contribution in [0.4, 0.5) is 13.2 Å².